The van der Waals surface area contributed by atoms with Gasteiger partial charge in [0, 0.05) is 18.1 Å². The summed E-state index contributed by atoms with van der Waals surface area (Å²) in [6.45, 7) is 2.75. The fourth-order valence-electron chi connectivity index (χ4n) is 2.45. The van der Waals surface area contributed by atoms with Gasteiger partial charge < -0.3 is 15.0 Å². The lowest BCUT2D eigenvalue weighted by molar-refractivity contribution is 0.102. The van der Waals surface area contributed by atoms with Gasteiger partial charge in [0.25, 0.3) is 5.91 Å². The molecule has 0 bridgehead atoms. The molecular weight excluding hydrogens is 373 g/mol. The number of hydrogen-bond acceptors (Lipinski definition) is 4. The van der Waals surface area contributed by atoms with Crippen LogP contribution >= 0.6 is 34.8 Å². The summed E-state index contributed by atoms with van der Waals surface area (Å²) in [7, 11) is 0. The van der Waals surface area contributed by atoms with Crippen LogP contribution in [0.3, 0.4) is 0 Å². The first-order chi connectivity index (χ1) is 11.5. The van der Waals surface area contributed by atoms with Crippen molar-refractivity contribution in [3.05, 3.63) is 51.2 Å². The molecule has 24 heavy (non-hydrogen) atoms. The summed E-state index contributed by atoms with van der Waals surface area (Å²) >= 11 is 18.0. The number of benzene rings is 1. The molecule has 0 saturated carbocycles. The molecule has 1 aliphatic heterocycles. The number of carbonyl (C=O) groups is 1. The summed E-state index contributed by atoms with van der Waals surface area (Å²) in [6.07, 6.45) is 0. The normalized spacial score (nSPS) is 14.5. The molecule has 3 rings (SSSR count). The van der Waals surface area contributed by atoms with Gasteiger partial charge in [-0.2, -0.15) is 0 Å². The number of nitrogens with zero attached hydrogens (tertiary/aromatic N) is 2. The number of nitrogens with one attached hydrogen (secondary N) is 1. The van der Waals surface area contributed by atoms with Crippen molar-refractivity contribution in [3.8, 4) is 0 Å². The van der Waals surface area contributed by atoms with Crippen LogP contribution in [0.4, 0.5) is 11.4 Å². The number of amides is 1. The number of ether oxygens (including phenoxy) is 1. The predicted octanol–water partition coefficient (Wildman–Crippen LogP) is 4.13. The van der Waals surface area contributed by atoms with E-state index >= 15 is 0 Å². The van der Waals surface area contributed by atoms with E-state index in [1.807, 2.05) is 6.07 Å². The van der Waals surface area contributed by atoms with Crippen molar-refractivity contribution in [2.75, 3.05) is 36.5 Å². The summed E-state index contributed by atoms with van der Waals surface area (Å²) in [6, 6.07) is 8.41. The molecule has 0 unspecified atom stereocenters. The Balaban J connectivity index is 1.89. The lowest BCUT2D eigenvalue weighted by Crippen LogP contribution is -2.36. The molecule has 1 N–H and O–H groups in total. The van der Waals surface area contributed by atoms with Crippen molar-refractivity contribution in [2.45, 2.75) is 0 Å². The first-order valence-corrected chi connectivity index (χ1v) is 8.43. The number of halogens is 3. The van der Waals surface area contributed by atoms with Crippen molar-refractivity contribution in [3.63, 3.8) is 0 Å². The molecule has 1 fully saturated rings. The summed E-state index contributed by atoms with van der Waals surface area (Å²) in [4.78, 5) is 18.6. The minimum Gasteiger partial charge on any atom is -0.378 e. The third kappa shape index (κ3) is 3.92. The zero-order chi connectivity index (χ0) is 17.1. The predicted molar refractivity (Wildman–Crippen MR) is 96.7 cm³/mol. The van der Waals surface area contributed by atoms with Gasteiger partial charge in [0.05, 0.1) is 29.6 Å². The average Bonchev–Trinajstić information content (AvgIpc) is 2.58. The number of hydrogen-bond donors (Lipinski definition) is 1. The Labute approximate surface area is 154 Å². The lowest BCUT2D eigenvalue weighted by Gasteiger charge is -2.30. The topological polar surface area (TPSA) is 54.5 Å². The van der Waals surface area contributed by atoms with E-state index < -0.39 is 5.91 Å². The highest BCUT2D eigenvalue weighted by Crippen LogP contribution is 2.30. The number of morpholine rings is 1. The van der Waals surface area contributed by atoms with Gasteiger partial charge in [-0.25, -0.2) is 4.98 Å². The molecule has 0 radical (unpaired) electrons. The van der Waals surface area contributed by atoms with Crippen LogP contribution in [0.2, 0.25) is 15.2 Å². The SMILES string of the molecule is O=C(Nc1cc(Cl)ccc1N1CCOCC1)c1nc(Cl)ccc1Cl. The molecule has 126 valence electrons. The third-order valence-electron chi connectivity index (χ3n) is 3.59. The number of anilines is 2. The van der Waals surface area contributed by atoms with Crippen LogP contribution in [0, 0.1) is 0 Å². The zero-order valence-corrected chi connectivity index (χ0v) is 14.8. The fraction of sp³-hybridized carbons (Fsp3) is 0.250. The van der Waals surface area contributed by atoms with Crippen LogP contribution in [0.5, 0.6) is 0 Å². The number of carbonyl (C=O) groups excluding carboxylic acids is 1. The van der Waals surface area contributed by atoms with Crippen LogP contribution in [0.25, 0.3) is 0 Å². The van der Waals surface area contributed by atoms with E-state index in [1.54, 1.807) is 12.1 Å². The van der Waals surface area contributed by atoms with E-state index in [9.17, 15) is 4.79 Å². The Morgan fingerprint density at radius 3 is 2.62 bits per heavy atom. The Hall–Kier alpha value is -1.53. The van der Waals surface area contributed by atoms with E-state index in [1.165, 1.54) is 12.1 Å². The maximum Gasteiger partial charge on any atom is 0.275 e. The largest absolute Gasteiger partial charge is 0.378 e. The zero-order valence-electron chi connectivity index (χ0n) is 12.6. The molecule has 2 heterocycles. The van der Waals surface area contributed by atoms with Crippen molar-refractivity contribution in [1.82, 2.24) is 4.98 Å². The molecule has 8 heteroatoms. The second-order valence-electron chi connectivity index (χ2n) is 5.18. The van der Waals surface area contributed by atoms with Crippen LogP contribution in [-0.2, 0) is 4.74 Å². The maximum atomic E-state index is 12.5. The highest BCUT2D eigenvalue weighted by atomic mass is 35.5. The molecule has 0 aliphatic carbocycles. The standard InChI is InChI=1S/C16H14Cl3N3O2/c17-10-1-3-13(22-5-7-24-8-6-22)12(9-10)20-16(23)15-11(18)2-4-14(19)21-15/h1-4,9H,5-8H2,(H,20,23). The minimum absolute atomic E-state index is 0.0667. The first-order valence-electron chi connectivity index (χ1n) is 7.30. The Morgan fingerprint density at radius 2 is 1.88 bits per heavy atom. The molecule has 1 saturated heterocycles. The van der Waals surface area contributed by atoms with Gasteiger partial charge in [0.1, 0.15) is 10.8 Å². The second kappa shape index (κ2) is 7.57. The van der Waals surface area contributed by atoms with Crippen molar-refractivity contribution in [2.24, 2.45) is 0 Å². The smallest absolute Gasteiger partial charge is 0.275 e. The molecule has 0 atom stereocenters. The first kappa shape index (κ1) is 17.3. The van der Waals surface area contributed by atoms with E-state index in [0.717, 1.165) is 18.8 Å². The molecular formula is C16H14Cl3N3O2. The minimum atomic E-state index is -0.445. The lowest BCUT2D eigenvalue weighted by atomic mass is 10.2. The molecule has 1 aliphatic rings. The fourth-order valence-corrected chi connectivity index (χ4v) is 2.96. The van der Waals surface area contributed by atoms with E-state index in [2.05, 4.69) is 15.2 Å². The van der Waals surface area contributed by atoms with E-state index in [4.69, 9.17) is 39.5 Å². The van der Waals surface area contributed by atoms with Gasteiger partial charge in [-0.3, -0.25) is 4.79 Å². The summed E-state index contributed by atoms with van der Waals surface area (Å²) in [5.74, 6) is -0.445. The Bertz CT molecular complexity index is 764. The van der Waals surface area contributed by atoms with Crippen LogP contribution in [-0.4, -0.2) is 37.2 Å². The Morgan fingerprint density at radius 1 is 1.12 bits per heavy atom. The van der Waals surface area contributed by atoms with Crippen LogP contribution < -0.4 is 10.2 Å². The van der Waals surface area contributed by atoms with E-state index in [0.29, 0.717) is 23.9 Å². The molecule has 0 spiro atoms. The molecule has 2 aromatic rings. The molecule has 1 aromatic heterocycles. The van der Waals surface area contributed by atoms with Crippen LogP contribution in [0.15, 0.2) is 30.3 Å². The molecule has 1 aromatic carbocycles. The monoisotopic (exact) mass is 385 g/mol. The van der Waals surface area contributed by atoms with Gasteiger partial charge >= 0.3 is 0 Å². The molecule has 1 amide bonds. The van der Waals surface area contributed by atoms with Gasteiger partial charge in [-0.1, -0.05) is 34.8 Å². The van der Waals surface area contributed by atoms with Gasteiger partial charge in [0.15, 0.2) is 0 Å². The van der Waals surface area contributed by atoms with Gasteiger partial charge in [-0.15, -0.1) is 0 Å². The number of pyridine rings is 1. The third-order valence-corrected chi connectivity index (χ3v) is 4.34. The highest BCUT2D eigenvalue weighted by molar-refractivity contribution is 6.35. The summed E-state index contributed by atoms with van der Waals surface area (Å²) in [5.41, 5.74) is 1.53. The van der Waals surface area contributed by atoms with E-state index in [-0.39, 0.29) is 15.9 Å². The van der Waals surface area contributed by atoms with Crippen molar-refractivity contribution in [1.29, 1.82) is 0 Å². The maximum absolute atomic E-state index is 12.5. The number of rotatable bonds is 3. The summed E-state index contributed by atoms with van der Waals surface area (Å²) < 4.78 is 5.37. The highest BCUT2D eigenvalue weighted by Gasteiger charge is 2.19. The van der Waals surface area contributed by atoms with Crippen molar-refractivity contribution >= 4 is 52.1 Å². The van der Waals surface area contributed by atoms with Gasteiger partial charge in [0.2, 0.25) is 0 Å². The van der Waals surface area contributed by atoms with Crippen molar-refractivity contribution < 1.29 is 9.53 Å². The summed E-state index contributed by atoms with van der Waals surface area (Å²) in [5, 5.41) is 3.77. The molecule has 5 nitrogen and oxygen atoms in total. The quantitative estimate of drug-likeness (QED) is 0.806. The van der Waals surface area contributed by atoms with Gasteiger partial charge in [-0.05, 0) is 30.3 Å². The Kier molecular flexibility index (Phi) is 5.46. The second-order valence-corrected chi connectivity index (χ2v) is 6.41. The van der Waals surface area contributed by atoms with Crippen LogP contribution in [0.1, 0.15) is 10.5 Å². The number of aromatic nitrogens is 1. The average molecular weight is 387 g/mol.